The fourth-order valence-corrected chi connectivity index (χ4v) is 4.19. The van der Waals surface area contributed by atoms with Gasteiger partial charge in [-0.05, 0) is 12.1 Å². The predicted molar refractivity (Wildman–Crippen MR) is 92.3 cm³/mol. The third-order valence-corrected chi connectivity index (χ3v) is 5.93. The van der Waals surface area contributed by atoms with Crippen molar-refractivity contribution in [2.45, 2.75) is 10.4 Å². The van der Waals surface area contributed by atoms with E-state index in [0.29, 0.717) is 30.3 Å². The molecule has 128 valence electrons. The Bertz CT molecular complexity index is 733. The van der Waals surface area contributed by atoms with Crippen molar-refractivity contribution in [1.82, 2.24) is 15.1 Å². The maximum absolute atomic E-state index is 13.7. The molecule has 2 aromatic rings. The Morgan fingerprint density at radius 3 is 3.04 bits per heavy atom. The topological polar surface area (TPSA) is 55.3 Å². The summed E-state index contributed by atoms with van der Waals surface area (Å²) in [6.45, 7) is 1.16. The van der Waals surface area contributed by atoms with Crippen molar-refractivity contribution in [3.8, 4) is 0 Å². The predicted octanol–water partition coefficient (Wildman–Crippen LogP) is 3.68. The van der Waals surface area contributed by atoms with Gasteiger partial charge in [-0.3, -0.25) is 4.79 Å². The molecule has 1 fully saturated rings. The number of morpholine rings is 1. The molecule has 1 atom stereocenters. The second kappa shape index (κ2) is 7.97. The summed E-state index contributed by atoms with van der Waals surface area (Å²) >= 11 is 14.6. The Balaban J connectivity index is 1.65. The molecule has 1 amide bonds. The molecule has 1 aliphatic heterocycles. The highest BCUT2D eigenvalue weighted by Gasteiger charge is 2.27. The molecule has 0 bridgehead atoms. The van der Waals surface area contributed by atoms with Crippen molar-refractivity contribution in [3.63, 3.8) is 0 Å². The van der Waals surface area contributed by atoms with Gasteiger partial charge in [0.25, 0.3) is 0 Å². The number of aromatic nitrogens is 2. The van der Waals surface area contributed by atoms with Crippen LogP contribution in [0, 0.1) is 5.82 Å². The second-order valence-electron chi connectivity index (χ2n) is 4.98. The van der Waals surface area contributed by atoms with Gasteiger partial charge in [0, 0.05) is 17.1 Å². The number of nitrogens with zero attached hydrogens (tertiary/aromatic N) is 3. The fraction of sp³-hybridized carbons (Fsp3) is 0.357. The Hall–Kier alpha value is -0.930. The molecular formula is C14H12Cl2FN3O2S2. The first-order chi connectivity index (χ1) is 11.5. The first-order valence-electron chi connectivity index (χ1n) is 6.97. The number of halogens is 3. The normalized spacial score (nSPS) is 18.0. The minimum atomic E-state index is -0.560. The van der Waals surface area contributed by atoms with Gasteiger partial charge in [0.1, 0.15) is 17.4 Å². The molecule has 24 heavy (non-hydrogen) atoms. The Morgan fingerprint density at radius 1 is 1.46 bits per heavy atom. The zero-order valence-electron chi connectivity index (χ0n) is 12.2. The van der Waals surface area contributed by atoms with Crippen molar-refractivity contribution in [3.05, 3.63) is 39.1 Å². The van der Waals surface area contributed by atoms with E-state index in [-0.39, 0.29) is 16.7 Å². The highest BCUT2D eigenvalue weighted by molar-refractivity contribution is 8.01. The van der Waals surface area contributed by atoms with Crippen LogP contribution in [0.1, 0.15) is 11.7 Å². The quantitative estimate of drug-likeness (QED) is 0.571. The summed E-state index contributed by atoms with van der Waals surface area (Å²) < 4.78 is 20.1. The SMILES string of the molecule is O=C(CSc1nncs1)N1CCOC(c2cc(F)c(Cl)cc2Cl)C1. The van der Waals surface area contributed by atoms with Crippen molar-refractivity contribution in [2.75, 3.05) is 25.4 Å². The van der Waals surface area contributed by atoms with E-state index >= 15 is 0 Å². The van der Waals surface area contributed by atoms with Gasteiger partial charge in [0.15, 0.2) is 4.34 Å². The van der Waals surface area contributed by atoms with Crippen molar-refractivity contribution in [2.24, 2.45) is 0 Å². The van der Waals surface area contributed by atoms with Gasteiger partial charge in [-0.1, -0.05) is 46.3 Å². The molecule has 1 saturated heterocycles. The average Bonchev–Trinajstić information content (AvgIpc) is 3.09. The van der Waals surface area contributed by atoms with E-state index in [1.807, 2.05) is 0 Å². The molecule has 2 heterocycles. The van der Waals surface area contributed by atoms with E-state index < -0.39 is 11.9 Å². The zero-order chi connectivity index (χ0) is 17.1. The van der Waals surface area contributed by atoms with Crippen LogP contribution in [0.15, 0.2) is 22.0 Å². The van der Waals surface area contributed by atoms with Crippen LogP contribution in [0.25, 0.3) is 0 Å². The van der Waals surface area contributed by atoms with Gasteiger partial charge < -0.3 is 9.64 Å². The summed E-state index contributed by atoms with van der Waals surface area (Å²) in [6.07, 6.45) is -0.478. The highest BCUT2D eigenvalue weighted by Crippen LogP contribution is 2.32. The number of thioether (sulfide) groups is 1. The molecule has 0 radical (unpaired) electrons. The molecule has 1 aromatic carbocycles. The molecular weight excluding hydrogens is 396 g/mol. The largest absolute Gasteiger partial charge is 0.370 e. The minimum absolute atomic E-state index is 0.0333. The summed E-state index contributed by atoms with van der Waals surface area (Å²) in [6, 6.07) is 2.61. The van der Waals surface area contributed by atoms with Crippen molar-refractivity contribution >= 4 is 52.2 Å². The van der Waals surface area contributed by atoms with Crippen LogP contribution < -0.4 is 0 Å². The molecule has 1 unspecified atom stereocenters. The van der Waals surface area contributed by atoms with Gasteiger partial charge in [-0.25, -0.2) is 4.39 Å². The van der Waals surface area contributed by atoms with Gasteiger partial charge >= 0.3 is 0 Å². The van der Waals surface area contributed by atoms with Gasteiger partial charge in [-0.15, -0.1) is 10.2 Å². The first-order valence-corrected chi connectivity index (χ1v) is 9.59. The van der Waals surface area contributed by atoms with Crippen LogP contribution in [0.2, 0.25) is 10.0 Å². The molecule has 0 saturated carbocycles. The van der Waals surface area contributed by atoms with Gasteiger partial charge in [0.2, 0.25) is 5.91 Å². The third-order valence-electron chi connectivity index (χ3n) is 3.46. The number of benzene rings is 1. The van der Waals surface area contributed by atoms with Crippen LogP contribution in [0.3, 0.4) is 0 Å². The van der Waals surface area contributed by atoms with Crippen LogP contribution in [0.5, 0.6) is 0 Å². The summed E-state index contributed by atoms with van der Waals surface area (Å²) in [5, 5.41) is 7.90. The standard InChI is InChI=1S/C14H12Cl2FN3O2S2/c15-9-4-10(16)11(17)3-8(9)12-5-20(1-2-22-12)13(21)6-23-14-19-18-7-24-14/h3-4,7,12H,1-2,5-6H2. The number of rotatable bonds is 4. The number of hydrogen-bond donors (Lipinski definition) is 0. The minimum Gasteiger partial charge on any atom is -0.370 e. The van der Waals surface area contributed by atoms with E-state index in [1.54, 1.807) is 10.4 Å². The summed E-state index contributed by atoms with van der Waals surface area (Å²) in [7, 11) is 0. The Morgan fingerprint density at radius 2 is 2.29 bits per heavy atom. The van der Waals surface area contributed by atoms with Crippen molar-refractivity contribution in [1.29, 1.82) is 0 Å². The van der Waals surface area contributed by atoms with E-state index in [1.165, 1.54) is 35.2 Å². The number of hydrogen-bond acceptors (Lipinski definition) is 6. The molecule has 0 N–H and O–H groups in total. The van der Waals surface area contributed by atoms with E-state index in [4.69, 9.17) is 27.9 Å². The molecule has 1 aliphatic rings. The van der Waals surface area contributed by atoms with Crippen LogP contribution in [-0.2, 0) is 9.53 Å². The van der Waals surface area contributed by atoms with E-state index in [2.05, 4.69) is 10.2 Å². The van der Waals surface area contributed by atoms with E-state index in [9.17, 15) is 9.18 Å². The lowest BCUT2D eigenvalue weighted by molar-refractivity contribution is -0.136. The maximum atomic E-state index is 13.7. The lowest BCUT2D eigenvalue weighted by atomic mass is 10.1. The van der Waals surface area contributed by atoms with Crippen LogP contribution >= 0.6 is 46.3 Å². The molecule has 3 rings (SSSR count). The molecule has 1 aromatic heterocycles. The molecule has 10 heteroatoms. The lowest BCUT2D eigenvalue weighted by Crippen LogP contribution is -2.43. The highest BCUT2D eigenvalue weighted by atomic mass is 35.5. The summed E-state index contributed by atoms with van der Waals surface area (Å²) in [5.74, 6) is -0.325. The van der Waals surface area contributed by atoms with Crippen LogP contribution in [0.4, 0.5) is 4.39 Å². The van der Waals surface area contributed by atoms with Gasteiger partial charge in [0.05, 0.1) is 23.9 Å². The zero-order valence-corrected chi connectivity index (χ0v) is 15.4. The fourth-order valence-electron chi connectivity index (χ4n) is 2.29. The van der Waals surface area contributed by atoms with E-state index in [0.717, 1.165) is 4.34 Å². The molecule has 5 nitrogen and oxygen atoms in total. The summed E-state index contributed by atoms with van der Waals surface area (Å²) in [5.41, 5.74) is 2.11. The number of carbonyl (C=O) groups excluding carboxylic acids is 1. The molecule has 0 aliphatic carbocycles. The number of amides is 1. The Labute approximate surface area is 156 Å². The number of carbonyl (C=O) groups is 1. The van der Waals surface area contributed by atoms with Crippen LogP contribution in [-0.4, -0.2) is 46.5 Å². The van der Waals surface area contributed by atoms with Gasteiger partial charge in [-0.2, -0.15) is 0 Å². The maximum Gasteiger partial charge on any atom is 0.233 e. The third kappa shape index (κ3) is 4.18. The second-order valence-corrected chi connectivity index (χ2v) is 7.85. The Kier molecular flexibility index (Phi) is 5.93. The molecule has 0 spiro atoms. The monoisotopic (exact) mass is 407 g/mol. The smallest absolute Gasteiger partial charge is 0.233 e. The summed E-state index contributed by atoms with van der Waals surface area (Å²) in [4.78, 5) is 14.0. The number of ether oxygens (including phenoxy) is 1. The first kappa shape index (κ1) is 17.9. The lowest BCUT2D eigenvalue weighted by Gasteiger charge is -2.33. The average molecular weight is 408 g/mol. The van der Waals surface area contributed by atoms with Crippen molar-refractivity contribution < 1.29 is 13.9 Å².